The van der Waals surface area contributed by atoms with Crippen molar-refractivity contribution in [2.45, 2.75) is 50.9 Å². The van der Waals surface area contributed by atoms with Gasteiger partial charge in [-0.15, -0.1) is 0 Å². The van der Waals surface area contributed by atoms with Crippen molar-refractivity contribution in [3.05, 3.63) is 35.4 Å². The molecule has 1 heterocycles. The molecule has 0 amide bonds. The van der Waals surface area contributed by atoms with Gasteiger partial charge < -0.3 is 16.2 Å². The van der Waals surface area contributed by atoms with Crippen molar-refractivity contribution in [1.82, 2.24) is 10.2 Å². The van der Waals surface area contributed by atoms with E-state index in [9.17, 15) is 5.11 Å². The molecule has 1 aromatic rings. The van der Waals surface area contributed by atoms with Gasteiger partial charge in [-0.25, -0.2) is 4.99 Å². The van der Waals surface area contributed by atoms with Gasteiger partial charge in [0.25, 0.3) is 0 Å². The summed E-state index contributed by atoms with van der Waals surface area (Å²) in [4.78, 5) is 6.78. The molecular formula is C17H26N4O. The number of hydrogen-bond acceptors (Lipinski definition) is 3. The first kappa shape index (κ1) is 15.3. The predicted octanol–water partition coefficient (Wildman–Crippen LogP) is 1.21. The number of hydrogen-bond donors (Lipinski definition) is 3. The lowest BCUT2D eigenvalue weighted by molar-refractivity contribution is 0.174. The van der Waals surface area contributed by atoms with Gasteiger partial charge in [-0.1, -0.05) is 24.3 Å². The highest BCUT2D eigenvalue weighted by molar-refractivity contribution is 5.78. The second kappa shape index (κ2) is 7.11. The van der Waals surface area contributed by atoms with Crippen LogP contribution in [0.3, 0.4) is 0 Å². The van der Waals surface area contributed by atoms with Crippen LogP contribution >= 0.6 is 0 Å². The number of nitrogens with two attached hydrogens (primary N) is 1. The second-order valence-electron chi connectivity index (χ2n) is 6.42. The molecule has 5 nitrogen and oxygen atoms in total. The molecule has 2 aliphatic rings. The van der Waals surface area contributed by atoms with Crippen LogP contribution in [0.1, 0.15) is 36.8 Å². The lowest BCUT2D eigenvalue weighted by Crippen LogP contribution is -2.43. The minimum atomic E-state index is -0.174. The number of rotatable bonds is 5. The highest BCUT2D eigenvalue weighted by Gasteiger charge is 2.21. The van der Waals surface area contributed by atoms with E-state index in [1.54, 1.807) is 0 Å². The van der Waals surface area contributed by atoms with Crippen LogP contribution in [0.25, 0.3) is 0 Å². The molecule has 2 fully saturated rings. The number of likely N-dealkylation sites (tertiary alicyclic amines) is 1. The second-order valence-corrected chi connectivity index (χ2v) is 6.42. The minimum Gasteiger partial charge on any atom is -0.392 e. The summed E-state index contributed by atoms with van der Waals surface area (Å²) in [5, 5.41) is 12.9. The Kier molecular flexibility index (Phi) is 4.95. The third kappa shape index (κ3) is 3.99. The van der Waals surface area contributed by atoms with Crippen molar-refractivity contribution < 1.29 is 5.11 Å². The fraction of sp³-hybridized carbons (Fsp3) is 0.588. The maximum atomic E-state index is 9.65. The van der Waals surface area contributed by atoms with E-state index in [1.807, 2.05) is 6.07 Å². The topological polar surface area (TPSA) is 73.9 Å². The number of aliphatic imine (C=N–C) groups is 1. The number of β-amino-alcohol motifs (C(OH)–C–C–N with tert-alkyl or cyclic N) is 1. The standard InChI is InChI=1S/C17H26N4O/c18-17(20-15-6-3-7-15)19-10-13-4-1-2-5-14(13)11-21-9-8-16(22)12-21/h1-2,4-5,15-16,22H,3,6-12H2,(H3,18,19,20). The Morgan fingerprint density at radius 1 is 1.27 bits per heavy atom. The van der Waals surface area contributed by atoms with Crippen LogP contribution in [0.4, 0.5) is 0 Å². The van der Waals surface area contributed by atoms with Crippen LogP contribution in [-0.4, -0.2) is 41.2 Å². The SMILES string of the molecule is NC(=NCc1ccccc1CN1CCC(O)C1)NC1CCC1. The first-order valence-corrected chi connectivity index (χ1v) is 8.24. The molecule has 0 aromatic heterocycles. The summed E-state index contributed by atoms with van der Waals surface area (Å²) < 4.78 is 0. The molecule has 1 aliphatic heterocycles. The van der Waals surface area contributed by atoms with Crippen LogP contribution in [-0.2, 0) is 13.1 Å². The molecule has 5 heteroatoms. The zero-order chi connectivity index (χ0) is 15.4. The first-order chi connectivity index (χ1) is 10.7. The van der Waals surface area contributed by atoms with Crippen molar-refractivity contribution in [2.24, 2.45) is 10.7 Å². The van der Waals surface area contributed by atoms with Gasteiger partial charge >= 0.3 is 0 Å². The van der Waals surface area contributed by atoms with Gasteiger partial charge in [0.2, 0.25) is 0 Å². The van der Waals surface area contributed by atoms with Crippen LogP contribution in [0.5, 0.6) is 0 Å². The Hall–Kier alpha value is -1.59. The average Bonchev–Trinajstić information content (AvgIpc) is 2.87. The van der Waals surface area contributed by atoms with Crippen LogP contribution in [0.15, 0.2) is 29.3 Å². The van der Waals surface area contributed by atoms with E-state index >= 15 is 0 Å². The van der Waals surface area contributed by atoms with Crippen molar-refractivity contribution in [3.8, 4) is 0 Å². The van der Waals surface area contributed by atoms with E-state index in [0.29, 0.717) is 18.5 Å². The third-order valence-electron chi connectivity index (χ3n) is 4.64. The fourth-order valence-corrected chi connectivity index (χ4v) is 3.04. The van der Waals surface area contributed by atoms with Crippen LogP contribution < -0.4 is 11.1 Å². The van der Waals surface area contributed by atoms with Crippen LogP contribution in [0.2, 0.25) is 0 Å². The number of nitrogens with one attached hydrogen (secondary N) is 1. The van der Waals surface area contributed by atoms with E-state index < -0.39 is 0 Å². The van der Waals surface area contributed by atoms with E-state index in [2.05, 4.69) is 33.4 Å². The molecule has 0 bridgehead atoms. The highest BCUT2D eigenvalue weighted by Crippen LogP contribution is 2.18. The zero-order valence-electron chi connectivity index (χ0n) is 13.0. The summed E-state index contributed by atoms with van der Waals surface area (Å²) in [7, 11) is 0. The van der Waals surface area contributed by atoms with E-state index in [4.69, 9.17) is 5.73 Å². The van der Waals surface area contributed by atoms with Gasteiger partial charge in [-0.3, -0.25) is 4.90 Å². The average molecular weight is 302 g/mol. The molecule has 1 atom stereocenters. The number of nitrogens with zero attached hydrogens (tertiary/aromatic N) is 2. The molecule has 0 spiro atoms. The number of guanidine groups is 1. The molecule has 120 valence electrons. The molecule has 1 aliphatic carbocycles. The Balaban J connectivity index is 1.59. The molecule has 22 heavy (non-hydrogen) atoms. The number of aliphatic hydroxyl groups excluding tert-OH is 1. The monoisotopic (exact) mass is 302 g/mol. The van der Waals surface area contributed by atoms with Crippen molar-refractivity contribution >= 4 is 5.96 Å². The van der Waals surface area contributed by atoms with Crippen molar-refractivity contribution in [1.29, 1.82) is 0 Å². The third-order valence-corrected chi connectivity index (χ3v) is 4.64. The fourth-order valence-electron chi connectivity index (χ4n) is 3.04. The van der Waals surface area contributed by atoms with Gasteiger partial charge in [0.1, 0.15) is 0 Å². The minimum absolute atomic E-state index is 0.174. The quantitative estimate of drug-likeness (QED) is 0.564. The smallest absolute Gasteiger partial charge is 0.189 e. The lowest BCUT2D eigenvalue weighted by atomic mass is 9.93. The summed E-state index contributed by atoms with van der Waals surface area (Å²) in [6.07, 6.45) is 4.38. The number of aliphatic hydroxyl groups is 1. The molecule has 4 N–H and O–H groups in total. The molecule has 0 radical (unpaired) electrons. The van der Waals surface area contributed by atoms with Gasteiger partial charge in [-0.05, 0) is 36.8 Å². The van der Waals surface area contributed by atoms with Crippen molar-refractivity contribution in [2.75, 3.05) is 13.1 Å². The van der Waals surface area contributed by atoms with Gasteiger partial charge in [0.15, 0.2) is 5.96 Å². The van der Waals surface area contributed by atoms with Gasteiger partial charge in [0.05, 0.1) is 12.6 Å². The van der Waals surface area contributed by atoms with E-state index in [-0.39, 0.29) is 6.10 Å². The summed E-state index contributed by atoms with van der Waals surface area (Å²) in [5.74, 6) is 0.552. The lowest BCUT2D eigenvalue weighted by Gasteiger charge is -2.26. The normalized spacial score (nSPS) is 23.5. The molecular weight excluding hydrogens is 276 g/mol. The predicted molar refractivity (Wildman–Crippen MR) is 88.4 cm³/mol. The first-order valence-electron chi connectivity index (χ1n) is 8.24. The summed E-state index contributed by atoms with van der Waals surface area (Å²) in [6.45, 7) is 3.21. The Morgan fingerprint density at radius 2 is 2.05 bits per heavy atom. The Labute approximate surface area is 132 Å². The van der Waals surface area contributed by atoms with Gasteiger partial charge in [-0.2, -0.15) is 0 Å². The van der Waals surface area contributed by atoms with E-state index in [1.165, 1.54) is 30.4 Å². The van der Waals surface area contributed by atoms with Crippen LogP contribution in [0, 0.1) is 0 Å². The summed E-state index contributed by atoms with van der Waals surface area (Å²) in [5.41, 5.74) is 8.44. The molecule has 1 saturated carbocycles. The maximum Gasteiger partial charge on any atom is 0.189 e. The van der Waals surface area contributed by atoms with Gasteiger partial charge in [0, 0.05) is 25.7 Å². The largest absolute Gasteiger partial charge is 0.392 e. The summed E-state index contributed by atoms with van der Waals surface area (Å²) >= 11 is 0. The molecule has 1 unspecified atom stereocenters. The molecule has 1 aromatic carbocycles. The Bertz CT molecular complexity index is 527. The summed E-state index contributed by atoms with van der Waals surface area (Å²) in [6, 6.07) is 8.88. The highest BCUT2D eigenvalue weighted by atomic mass is 16.3. The molecule has 3 rings (SSSR count). The maximum absolute atomic E-state index is 9.65. The number of benzene rings is 1. The van der Waals surface area contributed by atoms with E-state index in [0.717, 1.165) is 26.1 Å². The zero-order valence-corrected chi connectivity index (χ0v) is 13.0. The Morgan fingerprint density at radius 3 is 2.68 bits per heavy atom. The molecule has 1 saturated heterocycles. The van der Waals surface area contributed by atoms with Crippen molar-refractivity contribution in [3.63, 3.8) is 0 Å².